The van der Waals surface area contributed by atoms with Crippen molar-refractivity contribution in [3.63, 3.8) is 0 Å². The van der Waals surface area contributed by atoms with Gasteiger partial charge in [0.05, 0.1) is 0 Å². The van der Waals surface area contributed by atoms with Crippen LogP contribution in [0.25, 0.3) is 0 Å². The lowest BCUT2D eigenvalue weighted by molar-refractivity contribution is -0.143. The molecule has 0 bridgehead atoms. The Labute approximate surface area is 132 Å². The Balaban J connectivity index is 2.00. The number of rotatable bonds is 3. The van der Waals surface area contributed by atoms with Crippen molar-refractivity contribution in [2.24, 2.45) is 0 Å². The first-order chi connectivity index (χ1) is 9.90. The van der Waals surface area contributed by atoms with E-state index in [-0.39, 0.29) is 5.91 Å². The molecule has 1 saturated heterocycles. The fourth-order valence-electron chi connectivity index (χ4n) is 2.38. The third-order valence-electron chi connectivity index (χ3n) is 3.93. The smallest absolute Gasteiger partial charge is 0.320 e. The maximum atomic E-state index is 12.4. The Kier molecular flexibility index (Phi) is 5.00. The highest BCUT2D eigenvalue weighted by molar-refractivity contribution is 9.10. The van der Waals surface area contributed by atoms with E-state index in [1.807, 2.05) is 30.0 Å². The molecule has 0 radical (unpaired) electrons. The lowest BCUT2D eigenvalue weighted by Crippen LogP contribution is -2.53. The Morgan fingerprint density at radius 1 is 1.24 bits per heavy atom. The maximum Gasteiger partial charge on any atom is 0.320 e. The van der Waals surface area contributed by atoms with E-state index < -0.39 is 12.0 Å². The van der Waals surface area contributed by atoms with E-state index in [2.05, 4.69) is 15.9 Å². The molecule has 0 aromatic heterocycles. The van der Waals surface area contributed by atoms with Crippen molar-refractivity contribution in [2.75, 3.05) is 26.2 Å². The standard InChI is InChI=1S/C15H19BrN2O3/c1-10-3-4-12(9-13(10)16)14(19)18-7-5-17(6-8-18)11(2)15(20)21/h3-4,9,11H,5-8H2,1-2H3,(H,20,21). The highest BCUT2D eigenvalue weighted by Crippen LogP contribution is 2.19. The first kappa shape index (κ1) is 16.0. The molecule has 1 aliphatic rings. The van der Waals surface area contributed by atoms with Crippen molar-refractivity contribution in [1.82, 2.24) is 9.80 Å². The zero-order chi connectivity index (χ0) is 15.6. The fourth-order valence-corrected chi connectivity index (χ4v) is 2.76. The van der Waals surface area contributed by atoms with Gasteiger partial charge in [0.1, 0.15) is 6.04 Å². The van der Waals surface area contributed by atoms with E-state index in [0.29, 0.717) is 31.7 Å². The maximum absolute atomic E-state index is 12.4. The lowest BCUT2D eigenvalue weighted by atomic mass is 10.1. The zero-order valence-corrected chi connectivity index (χ0v) is 13.8. The van der Waals surface area contributed by atoms with Crippen LogP contribution in [0.4, 0.5) is 0 Å². The van der Waals surface area contributed by atoms with Gasteiger partial charge in [-0.1, -0.05) is 22.0 Å². The highest BCUT2D eigenvalue weighted by Gasteiger charge is 2.27. The topological polar surface area (TPSA) is 60.9 Å². The molecule has 5 nitrogen and oxygen atoms in total. The Morgan fingerprint density at radius 3 is 2.38 bits per heavy atom. The van der Waals surface area contributed by atoms with Crippen LogP contribution in [0.3, 0.4) is 0 Å². The van der Waals surface area contributed by atoms with Gasteiger partial charge in [-0.15, -0.1) is 0 Å². The van der Waals surface area contributed by atoms with E-state index in [4.69, 9.17) is 5.11 Å². The predicted molar refractivity (Wildman–Crippen MR) is 83.5 cm³/mol. The minimum Gasteiger partial charge on any atom is -0.480 e. The van der Waals surface area contributed by atoms with Crippen molar-refractivity contribution in [3.05, 3.63) is 33.8 Å². The van der Waals surface area contributed by atoms with E-state index in [0.717, 1.165) is 10.0 Å². The van der Waals surface area contributed by atoms with Crippen LogP contribution in [-0.2, 0) is 4.79 Å². The summed E-state index contributed by atoms with van der Waals surface area (Å²) >= 11 is 3.44. The number of aryl methyl sites for hydroxylation is 1. The van der Waals surface area contributed by atoms with Gasteiger partial charge in [-0.25, -0.2) is 0 Å². The summed E-state index contributed by atoms with van der Waals surface area (Å²) in [6, 6.07) is 5.08. The Morgan fingerprint density at radius 2 is 1.86 bits per heavy atom. The van der Waals surface area contributed by atoms with Gasteiger partial charge in [0.2, 0.25) is 0 Å². The van der Waals surface area contributed by atoms with Gasteiger partial charge in [-0.3, -0.25) is 14.5 Å². The largest absolute Gasteiger partial charge is 0.480 e. The molecule has 1 atom stereocenters. The molecule has 21 heavy (non-hydrogen) atoms. The van der Waals surface area contributed by atoms with Gasteiger partial charge in [-0.2, -0.15) is 0 Å². The fraction of sp³-hybridized carbons (Fsp3) is 0.467. The summed E-state index contributed by atoms with van der Waals surface area (Å²) in [4.78, 5) is 27.1. The van der Waals surface area contributed by atoms with E-state index in [1.165, 1.54) is 0 Å². The number of nitrogens with zero attached hydrogens (tertiary/aromatic N) is 2. The molecule has 1 fully saturated rings. The van der Waals surface area contributed by atoms with E-state index in [9.17, 15) is 9.59 Å². The molecule has 1 heterocycles. The summed E-state index contributed by atoms with van der Waals surface area (Å²) in [6.45, 7) is 5.95. The number of halogens is 1. The normalized spacial score (nSPS) is 17.6. The molecule has 1 aromatic carbocycles. The van der Waals surface area contributed by atoms with Gasteiger partial charge in [0.15, 0.2) is 0 Å². The summed E-state index contributed by atoms with van der Waals surface area (Å²) in [7, 11) is 0. The van der Waals surface area contributed by atoms with Crippen molar-refractivity contribution >= 4 is 27.8 Å². The Hall–Kier alpha value is -1.40. The zero-order valence-electron chi connectivity index (χ0n) is 12.2. The van der Waals surface area contributed by atoms with Crippen LogP contribution < -0.4 is 0 Å². The number of carbonyl (C=O) groups excluding carboxylic acids is 1. The number of benzene rings is 1. The lowest BCUT2D eigenvalue weighted by Gasteiger charge is -2.36. The highest BCUT2D eigenvalue weighted by atomic mass is 79.9. The average Bonchev–Trinajstić information content (AvgIpc) is 2.48. The quantitative estimate of drug-likeness (QED) is 0.901. The second-order valence-corrected chi connectivity index (χ2v) is 6.16. The van der Waals surface area contributed by atoms with Crippen molar-refractivity contribution in [3.8, 4) is 0 Å². The molecular formula is C15H19BrN2O3. The van der Waals surface area contributed by atoms with Crippen molar-refractivity contribution < 1.29 is 14.7 Å². The summed E-state index contributed by atoms with van der Waals surface area (Å²) in [6.07, 6.45) is 0. The van der Waals surface area contributed by atoms with E-state index in [1.54, 1.807) is 11.8 Å². The van der Waals surface area contributed by atoms with E-state index >= 15 is 0 Å². The third kappa shape index (κ3) is 3.63. The molecule has 1 N–H and O–H groups in total. The summed E-state index contributed by atoms with van der Waals surface area (Å²) in [5, 5.41) is 9.02. The van der Waals surface area contributed by atoms with Crippen LogP contribution in [-0.4, -0.2) is 59.0 Å². The number of carbonyl (C=O) groups is 2. The van der Waals surface area contributed by atoms with Gasteiger partial charge in [0, 0.05) is 36.2 Å². The van der Waals surface area contributed by atoms with Gasteiger partial charge < -0.3 is 10.0 Å². The van der Waals surface area contributed by atoms with Gasteiger partial charge in [-0.05, 0) is 31.5 Å². The molecule has 1 amide bonds. The number of carboxylic acids is 1. The molecule has 0 saturated carbocycles. The minimum absolute atomic E-state index is 0.00155. The van der Waals surface area contributed by atoms with Crippen molar-refractivity contribution in [1.29, 1.82) is 0 Å². The first-order valence-electron chi connectivity index (χ1n) is 6.92. The molecular weight excluding hydrogens is 336 g/mol. The monoisotopic (exact) mass is 354 g/mol. The molecule has 114 valence electrons. The van der Waals surface area contributed by atoms with Crippen LogP contribution in [0.1, 0.15) is 22.8 Å². The number of hydrogen-bond donors (Lipinski definition) is 1. The number of carboxylic acid groups (broad SMARTS) is 1. The SMILES string of the molecule is Cc1ccc(C(=O)N2CCN(C(C)C(=O)O)CC2)cc1Br. The number of piperazine rings is 1. The van der Waals surface area contributed by atoms with Crippen LogP contribution in [0.5, 0.6) is 0 Å². The molecule has 0 spiro atoms. The third-order valence-corrected chi connectivity index (χ3v) is 4.78. The second kappa shape index (κ2) is 6.58. The molecule has 0 aliphatic carbocycles. The van der Waals surface area contributed by atoms with Crippen LogP contribution in [0.2, 0.25) is 0 Å². The molecule has 2 rings (SSSR count). The minimum atomic E-state index is -0.822. The number of aliphatic carboxylic acids is 1. The summed E-state index contributed by atoms with van der Waals surface area (Å²) < 4.78 is 0.923. The summed E-state index contributed by atoms with van der Waals surface area (Å²) in [5.41, 5.74) is 1.75. The second-order valence-electron chi connectivity index (χ2n) is 5.31. The number of amides is 1. The van der Waals surface area contributed by atoms with Crippen molar-refractivity contribution in [2.45, 2.75) is 19.9 Å². The van der Waals surface area contributed by atoms with Crippen LogP contribution in [0, 0.1) is 6.92 Å². The van der Waals surface area contributed by atoms with Crippen LogP contribution >= 0.6 is 15.9 Å². The molecule has 1 aliphatic heterocycles. The molecule has 6 heteroatoms. The predicted octanol–water partition coefficient (Wildman–Crippen LogP) is 1.99. The van der Waals surface area contributed by atoms with Crippen LogP contribution in [0.15, 0.2) is 22.7 Å². The van der Waals surface area contributed by atoms with Gasteiger partial charge in [0.25, 0.3) is 5.91 Å². The Bertz CT molecular complexity index is 554. The summed E-state index contributed by atoms with van der Waals surface area (Å²) in [5.74, 6) is -0.824. The molecule has 1 unspecified atom stereocenters. The molecule has 1 aromatic rings. The first-order valence-corrected chi connectivity index (χ1v) is 7.71. The average molecular weight is 355 g/mol. The number of hydrogen-bond acceptors (Lipinski definition) is 3. The van der Waals surface area contributed by atoms with Gasteiger partial charge >= 0.3 is 5.97 Å².